The maximum absolute atomic E-state index is 5.85. The summed E-state index contributed by atoms with van der Waals surface area (Å²) < 4.78 is 0. The Hall–Kier alpha value is 3.93. The van der Waals surface area contributed by atoms with Crippen molar-refractivity contribution in [1.82, 2.24) is 0 Å². The summed E-state index contributed by atoms with van der Waals surface area (Å²) in [4.78, 5) is 0. The van der Waals surface area contributed by atoms with E-state index >= 15 is 0 Å². The Morgan fingerprint density at radius 3 is 0.545 bits per heavy atom. The molecule has 0 rings (SSSR count). The molecule has 0 saturated heterocycles. The summed E-state index contributed by atoms with van der Waals surface area (Å²) in [6.07, 6.45) is 0. The first-order valence-electron chi connectivity index (χ1n) is 0.447. The van der Waals surface area contributed by atoms with Crippen LogP contribution in [-0.2, 0) is 112 Å². The molecule has 0 unspecified atom stereocenters. The molecule has 0 aliphatic rings. The van der Waals surface area contributed by atoms with E-state index in [1.165, 1.54) is 0 Å². The van der Waals surface area contributed by atoms with Crippen LogP contribution in [0.4, 0.5) is 0 Å². The third kappa shape index (κ3) is 128. The van der Waals surface area contributed by atoms with E-state index in [1.807, 2.05) is 0 Å². The van der Waals surface area contributed by atoms with Gasteiger partial charge in [0.15, 0.2) is 0 Å². The second kappa shape index (κ2) is 95.8. The van der Waals surface area contributed by atoms with Crippen LogP contribution in [0, 0.1) is 0 Å². The van der Waals surface area contributed by atoms with Crippen LogP contribution in [0.5, 0.6) is 0 Å². The van der Waals surface area contributed by atoms with Gasteiger partial charge in [0.1, 0.15) is 0 Å². The van der Waals surface area contributed by atoms with Crippen LogP contribution >= 0.6 is 8.88 Å². The summed E-state index contributed by atoms with van der Waals surface area (Å²) in [5.41, 5.74) is 11.7. The molecule has 0 heterocycles. The van der Waals surface area contributed by atoms with Gasteiger partial charge in [-0.15, -0.1) is 0 Å². The van der Waals surface area contributed by atoms with Gasteiger partial charge < -0.3 is 36.3 Å². The predicted molar refractivity (Wildman–Crippen MR) is 21.4 cm³/mol. The zero-order valence-electron chi connectivity index (χ0n) is 4.30. The second-order valence-electron chi connectivity index (χ2n) is 0.112. The molecule has 0 aromatic carbocycles. The molecule has 0 aliphatic heterocycles. The minimum Gasteiger partial charge on any atom is -0.870 e. The molecule has 0 fully saturated rings. The third-order valence-corrected chi connectivity index (χ3v) is 0. The van der Waals surface area contributed by atoms with Crippen LogP contribution in [0.15, 0.2) is 0 Å². The van der Waals surface area contributed by atoms with Crippen LogP contribution in [0.1, 0.15) is 0 Å². The Balaban J connectivity index is -0.000000000714. The van der Waals surface area contributed by atoms with Gasteiger partial charge in [-0.05, 0) is 0 Å². The van der Waals surface area contributed by atoms with Gasteiger partial charge in [0.05, 0.1) is 0 Å². The predicted octanol–water partition coefficient (Wildman–Crippen LogP) is 1.32. The van der Waals surface area contributed by atoms with E-state index in [0.29, 0.717) is 0 Å². The molecular weight excluding hydrogens is 646 g/mol. The van der Waals surface area contributed by atoms with Crippen molar-refractivity contribution in [3.8, 4) is 0 Å². The Kier molecular flexibility index (Phi) is 717. The van der Waals surface area contributed by atoms with Crippen molar-refractivity contribution in [3.63, 3.8) is 0 Å². The van der Waals surface area contributed by atoms with Crippen LogP contribution in [0.2, 0.25) is 0 Å². The molecule has 5 nitrogen and oxygen atoms in total. The zero-order chi connectivity index (χ0) is 2.71. The fraction of sp³-hybridized carbons (Fsp3) is 0. The number of hydrogen-bond donors (Lipinski definition) is 0. The van der Waals surface area contributed by atoms with Crippen molar-refractivity contribution in [2.24, 2.45) is 0 Å². The molecule has 1 radical (unpaired) electrons. The van der Waals surface area contributed by atoms with Crippen LogP contribution in [-0.4, -0.2) is 16.4 Å². The summed E-state index contributed by atoms with van der Waals surface area (Å²) in [6, 6.07) is 0. The quantitative estimate of drug-likeness (QED) is 0.289. The monoisotopic (exact) mass is 647 g/mol. The normalized spacial score (nSPS) is 1.64. The molecule has 0 bridgehead atoms. The van der Waals surface area contributed by atoms with Crippen molar-refractivity contribution in [2.75, 3.05) is 0 Å². The van der Waals surface area contributed by atoms with Crippen molar-refractivity contribution < 1.29 is 128 Å². The van der Waals surface area contributed by atoms with Gasteiger partial charge in [-0.1, -0.05) is 0 Å². The number of nitrogens with one attached hydrogen (secondary N) is 2. The standard InChI is InChI=1S/5Ag.H2N2P.3H2O/c;;;;;1-3-2;;;/h;;;;;1-2H;3*1H2/q5*+1;-2;;;/p-3. The van der Waals surface area contributed by atoms with E-state index in [2.05, 4.69) is 0 Å². The van der Waals surface area contributed by atoms with E-state index in [4.69, 9.17) is 11.0 Å². The Morgan fingerprint density at radius 2 is 0.545 bits per heavy atom. The topological polar surface area (TPSA) is 138 Å². The first-order valence-corrected chi connectivity index (χ1v) is 1.34. The van der Waals surface area contributed by atoms with Gasteiger partial charge in [0.25, 0.3) is 0 Å². The van der Waals surface area contributed by atoms with Crippen LogP contribution < -0.4 is 0 Å². The Morgan fingerprint density at radius 1 is 0.545 bits per heavy atom. The van der Waals surface area contributed by atoms with Crippen LogP contribution in [0.3, 0.4) is 0 Å². The fourth-order valence-electron chi connectivity index (χ4n) is 0. The molecule has 0 saturated carbocycles. The van der Waals surface area contributed by atoms with Gasteiger partial charge in [0.2, 0.25) is 0 Å². The summed E-state index contributed by atoms with van der Waals surface area (Å²) in [5.74, 6) is 0. The molecule has 11 heavy (non-hydrogen) atoms. The van der Waals surface area contributed by atoms with E-state index in [9.17, 15) is 0 Å². The maximum Gasteiger partial charge on any atom is 1.00 e. The molecule has 93 valence electrons. The average molecular weight is 651 g/mol. The first kappa shape index (κ1) is 82.4. The SMILES string of the molecule is [Ag+].[Ag+].[Ag+].[Ag+].[Ag+].[NH-][P][NH-].[OH-].[OH-].[OH-]. The second-order valence-corrected chi connectivity index (χ2v) is 0.335. The van der Waals surface area contributed by atoms with Gasteiger partial charge >= 0.3 is 112 Å². The molecule has 0 atom stereocenters. The molecule has 0 aromatic heterocycles. The average Bonchev–Trinajstić information content (AvgIpc) is 0.918. The summed E-state index contributed by atoms with van der Waals surface area (Å²) in [5, 5.41) is 0. The molecule has 11 heteroatoms. The smallest absolute Gasteiger partial charge is 0.870 e. The van der Waals surface area contributed by atoms with Gasteiger partial charge in [0, 0.05) is 0 Å². The minimum atomic E-state index is -0.0833. The summed E-state index contributed by atoms with van der Waals surface area (Å²) in [7, 11) is -0.0833. The number of rotatable bonds is 0. The number of hydrogen-bond acceptors (Lipinski definition) is 3. The first-order chi connectivity index (χ1) is 1.41. The van der Waals surface area contributed by atoms with E-state index in [1.54, 1.807) is 0 Å². The van der Waals surface area contributed by atoms with E-state index < -0.39 is 0 Å². The molecule has 5 N–H and O–H groups in total. The van der Waals surface area contributed by atoms with Crippen molar-refractivity contribution in [2.45, 2.75) is 0 Å². The largest absolute Gasteiger partial charge is 1.00 e. The van der Waals surface area contributed by atoms with Gasteiger partial charge in [-0.3, -0.25) is 0 Å². The molecule has 0 aliphatic carbocycles. The van der Waals surface area contributed by atoms with Crippen molar-refractivity contribution in [1.29, 1.82) is 0 Å². The minimum absolute atomic E-state index is 0. The van der Waals surface area contributed by atoms with Crippen molar-refractivity contribution >= 4 is 8.88 Å². The van der Waals surface area contributed by atoms with E-state index in [0.717, 1.165) is 0 Å². The van der Waals surface area contributed by atoms with Gasteiger partial charge in [-0.2, -0.15) is 0 Å². The third-order valence-electron chi connectivity index (χ3n) is 0. The van der Waals surface area contributed by atoms with Crippen molar-refractivity contribution in [3.05, 3.63) is 11.0 Å². The molecular formula is H5Ag5N2O3P. The molecule has 0 spiro atoms. The maximum atomic E-state index is 5.85. The fourth-order valence-corrected chi connectivity index (χ4v) is 0. The zero-order valence-corrected chi connectivity index (χ0v) is 12.6. The summed E-state index contributed by atoms with van der Waals surface area (Å²) in [6.45, 7) is 0. The Labute approximate surface area is 146 Å². The van der Waals surface area contributed by atoms with Gasteiger partial charge in [-0.25, -0.2) is 0 Å². The molecule has 0 aromatic rings. The molecule has 0 amide bonds. The van der Waals surface area contributed by atoms with E-state index in [-0.39, 0.29) is 137 Å². The van der Waals surface area contributed by atoms with Crippen LogP contribution in [0.25, 0.3) is 11.0 Å². The Bertz CT molecular complexity index is 19.7. The summed E-state index contributed by atoms with van der Waals surface area (Å²) >= 11 is 0.